The summed E-state index contributed by atoms with van der Waals surface area (Å²) in [4.78, 5) is 6.83. The Hall–Kier alpha value is -1.84. The predicted octanol–water partition coefficient (Wildman–Crippen LogP) is 3.47. The van der Waals surface area contributed by atoms with Crippen LogP contribution in [0.15, 0.2) is 59.6 Å². The van der Waals surface area contributed by atoms with E-state index < -0.39 is 0 Å². The van der Waals surface area contributed by atoms with Gasteiger partial charge in [-0.1, -0.05) is 42.5 Å². The average molecular weight is 540 g/mol. The second kappa shape index (κ2) is 15.9. The van der Waals surface area contributed by atoms with Crippen LogP contribution in [0.1, 0.15) is 30.4 Å². The van der Waals surface area contributed by atoms with E-state index in [0.29, 0.717) is 13.1 Å². The summed E-state index contributed by atoms with van der Waals surface area (Å²) in [6.07, 6.45) is 1.01. The van der Waals surface area contributed by atoms with Gasteiger partial charge in [0, 0.05) is 25.6 Å². The Kier molecular flexibility index (Phi) is 13.9. The Morgan fingerprint density at radius 2 is 1.77 bits per heavy atom. The lowest BCUT2D eigenvalue weighted by Crippen LogP contribution is -2.39. The lowest BCUT2D eigenvalue weighted by molar-refractivity contribution is 0.265. The molecular weight excluding hydrogens is 503 g/mol. The van der Waals surface area contributed by atoms with E-state index in [1.54, 1.807) is 0 Å². The van der Waals surface area contributed by atoms with Crippen molar-refractivity contribution in [3.8, 4) is 5.75 Å². The van der Waals surface area contributed by atoms with E-state index >= 15 is 0 Å². The fraction of sp³-hybridized carbons (Fsp3) is 0.458. The summed E-state index contributed by atoms with van der Waals surface area (Å²) >= 11 is 0. The van der Waals surface area contributed by atoms with Crippen LogP contribution < -0.4 is 15.4 Å². The first-order chi connectivity index (χ1) is 14.6. The number of hydrogen-bond acceptors (Lipinski definition) is 4. The maximum Gasteiger partial charge on any atom is 0.191 e. The van der Waals surface area contributed by atoms with Crippen molar-refractivity contribution < 1.29 is 9.84 Å². The largest absolute Gasteiger partial charge is 0.494 e. The maximum absolute atomic E-state index is 9.75. The van der Waals surface area contributed by atoms with Gasteiger partial charge in [0.1, 0.15) is 5.75 Å². The standard InChI is InChI=1S/C24H36N4O2.HI/c1-4-25-24(27-18-22(19-29)21-9-6-5-7-10-21)26-17-20-11-13-23(14-12-20)30-16-8-15-28(2)3;/h5-7,9-14,22,29H,4,8,15-19H2,1-3H3,(H2,25,26,27);1H. The molecular formula is C24H37IN4O2. The zero-order chi connectivity index (χ0) is 21.6. The molecule has 0 radical (unpaired) electrons. The van der Waals surface area contributed by atoms with E-state index in [9.17, 15) is 5.11 Å². The molecule has 0 aliphatic carbocycles. The van der Waals surface area contributed by atoms with Gasteiger partial charge in [-0.2, -0.15) is 0 Å². The first-order valence-corrected chi connectivity index (χ1v) is 10.7. The molecule has 0 bridgehead atoms. The van der Waals surface area contributed by atoms with Crippen LogP contribution in [-0.4, -0.2) is 62.9 Å². The van der Waals surface area contributed by atoms with Crippen LogP contribution in [0.4, 0.5) is 0 Å². The van der Waals surface area contributed by atoms with E-state index in [0.717, 1.165) is 49.0 Å². The number of benzene rings is 2. The minimum atomic E-state index is 0. The number of aliphatic imine (C=N–C) groups is 1. The van der Waals surface area contributed by atoms with Crippen molar-refractivity contribution in [3.05, 3.63) is 65.7 Å². The van der Waals surface area contributed by atoms with Crippen LogP contribution in [0, 0.1) is 0 Å². The van der Waals surface area contributed by atoms with Crippen molar-refractivity contribution >= 4 is 29.9 Å². The van der Waals surface area contributed by atoms with Gasteiger partial charge < -0.3 is 25.4 Å². The number of halogens is 1. The van der Waals surface area contributed by atoms with Crippen molar-refractivity contribution in [3.63, 3.8) is 0 Å². The number of nitrogens with zero attached hydrogens (tertiary/aromatic N) is 2. The third-order valence-electron chi connectivity index (χ3n) is 4.71. The van der Waals surface area contributed by atoms with Gasteiger partial charge >= 0.3 is 0 Å². The molecule has 0 spiro atoms. The summed E-state index contributed by atoms with van der Waals surface area (Å²) in [6, 6.07) is 18.1. The zero-order valence-electron chi connectivity index (χ0n) is 18.9. The highest BCUT2D eigenvalue weighted by Crippen LogP contribution is 2.14. The smallest absolute Gasteiger partial charge is 0.191 e. The number of guanidine groups is 1. The van der Waals surface area contributed by atoms with Crippen LogP contribution in [-0.2, 0) is 6.54 Å². The van der Waals surface area contributed by atoms with Crippen molar-refractivity contribution in [2.45, 2.75) is 25.8 Å². The van der Waals surface area contributed by atoms with Crippen molar-refractivity contribution in [2.24, 2.45) is 4.99 Å². The molecule has 0 saturated heterocycles. The van der Waals surface area contributed by atoms with E-state index in [1.807, 2.05) is 49.4 Å². The molecule has 0 aromatic heterocycles. The normalized spacial score (nSPS) is 12.2. The molecule has 2 aromatic carbocycles. The Morgan fingerprint density at radius 1 is 1.06 bits per heavy atom. The van der Waals surface area contributed by atoms with Gasteiger partial charge in [-0.3, -0.25) is 0 Å². The molecule has 1 atom stereocenters. The summed E-state index contributed by atoms with van der Waals surface area (Å²) < 4.78 is 5.78. The number of nitrogens with one attached hydrogen (secondary N) is 2. The minimum absolute atomic E-state index is 0. The molecule has 3 N–H and O–H groups in total. The molecule has 6 nitrogen and oxygen atoms in total. The molecule has 0 amide bonds. The molecule has 2 rings (SSSR count). The van der Waals surface area contributed by atoms with Gasteiger partial charge in [0.25, 0.3) is 0 Å². The monoisotopic (exact) mass is 540 g/mol. The topological polar surface area (TPSA) is 69.1 Å². The Morgan fingerprint density at radius 3 is 2.39 bits per heavy atom. The van der Waals surface area contributed by atoms with E-state index in [1.165, 1.54) is 0 Å². The quantitative estimate of drug-likeness (QED) is 0.167. The summed E-state index contributed by atoms with van der Waals surface area (Å²) in [5.41, 5.74) is 2.24. The van der Waals surface area contributed by atoms with Gasteiger partial charge in [-0.25, -0.2) is 4.99 Å². The lowest BCUT2D eigenvalue weighted by atomic mass is 10.0. The molecule has 2 aromatic rings. The number of rotatable bonds is 12. The Bertz CT molecular complexity index is 739. The summed E-state index contributed by atoms with van der Waals surface area (Å²) in [6.45, 7) is 5.84. The fourth-order valence-corrected chi connectivity index (χ4v) is 3.01. The van der Waals surface area contributed by atoms with Gasteiger partial charge in [-0.15, -0.1) is 24.0 Å². The zero-order valence-corrected chi connectivity index (χ0v) is 21.2. The van der Waals surface area contributed by atoms with E-state index in [-0.39, 0.29) is 36.5 Å². The molecule has 0 aliphatic heterocycles. The SMILES string of the molecule is CCNC(=NCc1ccc(OCCCN(C)C)cc1)NCC(CO)c1ccccc1.I. The molecule has 0 fully saturated rings. The average Bonchev–Trinajstić information content (AvgIpc) is 2.77. The fourth-order valence-electron chi connectivity index (χ4n) is 3.01. The maximum atomic E-state index is 9.75. The third kappa shape index (κ3) is 10.8. The van der Waals surface area contributed by atoms with E-state index in [4.69, 9.17) is 4.74 Å². The second-order valence-corrected chi connectivity index (χ2v) is 7.52. The van der Waals surface area contributed by atoms with Crippen LogP contribution >= 0.6 is 24.0 Å². The van der Waals surface area contributed by atoms with Crippen LogP contribution in [0.25, 0.3) is 0 Å². The van der Waals surface area contributed by atoms with Crippen LogP contribution in [0.5, 0.6) is 5.75 Å². The molecule has 0 aliphatic rings. The van der Waals surface area contributed by atoms with Crippen LogP contribution in [0.2, 0.25) is 0 Å². The molecule has 7 heteroatoms. The number of aliphatic hydroxyl groups is 1. The first kappa shape index (κ1) is 27.2. The Labute approximate surface area is 204 Å². The second-order valence-electron chi connectivity index (χ2n) is 7.52. The highest BCUT2D eigenvalue weighted by Gasteiger charge is 2.10. The number of hydrogen-bond donors (Lipinski definition) is 3. The minimum Gasteiger partial charge on any atom is -0.494 e. The van der Waals surface area contributed by atoms with Gasteiger partial charge in [0.15, 0.2) is 5.96 Å². The summed E-state index contributed by atoms with van der Waals surface area (Å²) in [5, 5.41) is 16.4. The highest BCUT2D eigenvalue weighted by atomic mass is 127. The van der Waals surface area contributed by atoms with Gasteiger partial charge in [0.05, 0.1) is 19.8 Å². The van der Waals surface area contributed by atoms with E-state index in [2.05, 4.69) is 46.8 Å². The Balaban J connectivity index is 0.00000480. The highest BCUT2D eigenvalue weighted by molar-refractivity contribution is 14.0. The molecule has 1 unspecified atom stereocenters. The first-order valence-electron chi connectivity index (χ1n) is 10.7. The predicted molar refractivity (Wildman–Crippen MR) is 140 cm³/mol. The van der Waals surface area contributed by atoms with Crippen molar-refractivity contribution in [2.75, 3.05) is 46.9 Å². The third-order valence-corrected chi connectivity index (χ3v) is 4.71. The lowest BCUT2D eigenvalue weighted by Gasteiger charge is -2.18. The number of ether oxygens (including phenoxy) is 1. The van der Waals surface area contributed by atoms with Crippen molar-refractivity contribution in [1.29, 1.82) is 0 Å². The van der Waals surface area contributed by atoms with Gasteiger partial charge in [0.2, 0.25) is 0 Å². The van der Waals surface area contributed by atoms with Gasteiger partial charge in [-0.05, 0) is 50.7 Å². The summed E-state index contributed by atoms with van der Waals surface area (Å²) in [5.74, 6) is 1.66. The molecule has 172 valence electrons. The number of aliphatic hydroxyl groups excluding tert-OH is 1. The summed E-state index contributed by atoms with van der Waals surface area (Å²) in [7, 11) is 4.13. The van der Waals surface area contributed by atoms with Crippen molar-refractivity contribution in [1.82, 2.24) is 15.5 Å². The molecule has 31 heavy (non-hydrogen) atoms. The molecule has 0 saturated carbocycles. The van der Waals surface area contributed by atoms with Crippen LogP contribution in [0.3, 0.4) is 0 Å². The molecule has 0 heterocycles.